The number of aromatic nitrogens is 2. The molecule has 0 bridgehead atoms. The van der Waals surface area contributed by atoms with E-state index in [1.54, 1.807) is 18.2 Å². The molecule has 0 fully saturated rings. The van der Waals surface area contributed by atoms with Crippen molar-refractivity contribution in [3.8, 4) is 28.8 Å². The van der Waals surface area contributed by atoms with Crippen molar-refractivity contribution in [3.63, 3.8) is 0 Å². The lowest BCUT2D eigenvalue weighted by Crippen LogP contribution is -2.14. The zero-order valence-electron chi connectivity index (χ0n) is 15.4. The first-order valence-electron chi connectivity index (χ1n) is 8.29. The zero-order chi connectivity index (χ0) is 20.1. The highest BCUT2D eigenvalue weighted by molar-refractivity contribution is 7.98. The highest BCUT2D eigenvalue weighted by Crippen LogP contribution is 2.33. The SMILES string of the molecule is COc1ccc(-c2nc(SCc3cccc(N)c3)[nH]c(=O)c2C#N)cc1OC. The molecule has 0 radical (unpaired) electrons. The molecule has 2 aromatic carbocycles. The van der Waals surface area contributed by atoms with Crippen LogP contribution in [-0.4, -0.2) is 24.2 Å². The van der Waals surface area contributed by atoms with Crippen LogP contribution >= 0.6 is 11.8 Å². The molecule has 0 aliphatic heterocycles. The van der Waals surface area contributed by atoms with Crippen LogP contribution in [0, 0.1) is 11.3 Å². The second-order valence-electron chi connectivity index (χ2n) is 5.81. The second-order valence-corrected chi connectivity index (χ2v) is 6.77. The van der Waals surface area contributed by atoms with Gasteiger partial charge in [-0.15, -0.1) is 0 Å². The van der Waals surface area contributed by atoms with Crippen molar-refractivity contribution in [3.05, 3.63) is 63.9 Å². The van der Waals surface area contributed by atoms with Crippen LogP contribution in [0.2, 0.25) is 0 Å². The number of nitrogens with zero attached hydrogens (tertiary/aromatic N) is 2. The van der Waals surface area contributed by atoms with E-state index in [4.69, 9.17) is 15.2 Å². The Morgan fingerprint density at radius 2 is 1.96 bits per heavy atom. The molecule has 1 heterocycles. The Kier molecular flexibility index (Phi) is 5.87. The molecule has 0 spiro atoms. The number of ether oxygens (including phenoxy) is 2. The van der Waals surface area contributed by atoms with Gasteiger partial charge in [-0.2, -0.15) is 5.26 Å². The predicted molar refractivity (Wildman–Crippen MR) is 109 cm³/mol. The summed E-state index contributed by atoms with van der Waals surface area (Å²) in [5.74, 6) is 1.61. The molecule has 28 heavy (non-hydrogen) atoms. The molecular weight excluding hydrogens is 376 g/mol. The summed E-state index contributed by atoms with van der Waals surface area (Å²) in [5.41, 5.74) is 7.81. The van der Waals surface area contributed by atoms with Crippen LogP contribution in [0.5, 0.6) is 11.5 Å². The predicted octanol–water partition coefficient (Wildman–Crippen LogP) is 3.20. The van der Waals surface area contributed by atoms with Crippen molar-refractivity contribution >= 4 is 17.4 Å². The average Bonchev–Trinajstić information content (AvgIpc) is 2.71. The van der Waals surface area contributed by atoms with E-state index < -0.39 is 5.56 Å². The smallest absolute Gasteiger partial charge is 0.270 e. The Balaban J connectivity index is 1.99. The van der Waals surface area contributed by atoms with Gasteiger partial charge in [-0.3, -0.25) is 4.79 Å². The third-order valence-corrected chi connectivity index (χ3v) is 4.94. The lowest BCUT2D eigenvalue weighted by atomic mass is 10.1. The minimum absolute atomic E-state index is 0.0551. The third kappa shape index (κ3) is 4.10. The maximum atomic E-state index is 12.4. The highest BCUT2D eigenvalue weighted by atomic mass is 32.2. The molecule has 0 aliphatic carbocycles. The third-order valence-electron chi connectivity index (χ3n) is 3.99. The average molecular weight is 394 g/mol. The van der Waals surface area contributed by atoms with Crippen molar-refractivity contribution in [2.45, 2.75) is 10.9 Å². The van der Waals surface area contributed by atoms with Crippen LogP contribution < -0.4 is 20.8 Å². The van der Waals surface area contributed by atoms with Gasteiger partial charge in [0.1, 0.15) is 11.6 Å². The summed E-state index contributed by atoms with van der Waals surface area (Å²) >= 11 is 1.35. The zero-order valence-corrected chi connectivity index (χ0v) is 16.2. The number of nitrogens with two attached hydrogens (primary N) is 1. The number of hydrogen-bond acceptors (Lipinski definition) is 7. The monoisotopic (exact) mass is 394 g/mol. The summed E-state index contributed by atoms with van der Waals surface area (Å²) in [6.45, 7) is 0. The number of aromatic amines is 1. The van der Waals surface area contributed by atoms with E-state index in [-0.39, 0.29) is 5.56 Å². The quantitative estimate of drug-likeness (QED) is 0.375. The number of methoxy groups -OCH3 is 2. The van der Waals surface area contributed by atoms with Gasteiger partial charge >= 0.3 is 0 Å². The van der Waals surface area contributed by atoms with Crippen molar-refractivity contribution in [1.82, 2.24) is 9.97 Å². The van der Waals surface area contributed by atoms with Crippen molar-refractivity contribution in [2.75, 3.05) is 20.0 Å². The second kappa shape index (κ2) is 8.50. The Labute approximate surface area is 166 Å². The molecule has 1 aromatic heterocycles. The molecule has 3 aromatic rings. The van der Waals surface area contributed by atoms with E-state index in [1.165, 1.54) is 26.0 Å². The summed E-state index contributed by atoms with van der Waals surface area (Å²) in [4.78, 5) is 19.6. The molecule has 3 N–H and O–H groups in total. The number of benzene rings is 2. The number of H-pyrrole nitrogens is 1. The summed E-state index contributed by atoms with van der Waals surface area (Å²) in [7, 11) is 3.06. The first kappa shape index (κ1) is 19.3. The molecule has 3 rings (SSSR count). The maximum Gasteiger partial charge on any atom is 0.270 e. The van der Waals surface area contributed by atoms with Crippen LogP contribution in [0.25, 0.3) is 11.3 Å². The molecule has 0 saturated heterocycles. The fraction of sp³-hybridized carbons (Fsp3) is 0.150. The van der Waals surface area contributed by atoms with Gasteiger partial charge in [0.2, 0.25) is 0 Å². The largest absolute Gasteiger partial charge is 0.493 e. The van der Waals surface area contributed by atoms with Crippen LogP contribution in [0.3, 0.4) is 0 Å². The van der Waals surface area contributed by atoms with Gasteiger partial charge < -0.3 is 20.2 Å². The van der Waals surface area contributed by atoms with Gasteiger partial charge in [-0.25, -0.2) is 4.98 Å². The number of hydrogen-bond donors (Lipinski definition) is 2. The highest BCUT2D eigenvalue weighted by Gasteiger charge is 2.16. The first-order valence-corrected chi connectivity index (χ1v) is 9.28. The first-order chi connectivity index (χ1) is 13.5. The molecule has 0 unspecified atom stereocenters. The maximum absolute atomic E-state index is 12.4. The minimum Gasteiger partial charge on any atom is -0.493 e. The number of nitrogen functional groups attached to an aromatic ring is 1. The summed E-state index contributed by atoms with van der Waals surface area (Å²) < 4.78 is 10.5. The standard InChI is InChI=1S/C20H18N4O3S/c1-26-16-7-6-13(9-17(16)27-2)18-15(10-21)19(25)24-20(23-18)28-11-12-4-3-5-14(22)8-12/h3-9H,11,22H2,1-2H3,(H,23,24,25). The van der Waals surface area contributed by atoms with Crippen molar-refractivity contribution in [1.29, 1.82) is 5.26 Å². The molecule has 0 saturated carbocycles. The normalized spacial score (nSPS) is 10.3. The fourth-order valence-corrected chi connectivity index (χ4v) is 3.46. The number of nitrogens with one attached hydrogen (secondary N) is 1. The van der Waals surface area contributed by atoms with Crippen LogP contribution in [0.15, 0.2) is 52.4 Å². The number of thioether (sulfide) groups is 1. The molecule has 8 heteroatoms. The molecule has 142 valence electrons. The topological polar surface area (TPSA) is 114 Å². The van der Waals surface area contributed by atoms with Gasteiger partial charge in [-0.1, -0.05) is 23.9 Å². The molecule has 0 aliphatic rings. The number of rotatable bonds is 6. The summed E-state index contributed by atoms with van der Waals surface area (Å²) in [6.07, 6.45) is 0. The van der Waals surface area contributed by atoms with Gasteiger partial charge in [0, 0.05) is 17.0 Å². The molecule has 0 atom stereocenters. The van der Waals surface area contributed by atoms with Crippen LogP contribution in [-0.2, 0) is 5.75 Å². The van der Waals surface area contributed by atoms with Gasteiger partial charge in [0.15, 0.2) is 16.7 Å². The Bertz CT molecular complexity index is 1110. The van der Waals surface area contributed by atoms with Gasteiger partial charge in [0.05, 0.1) is 19.9 Å². The molecular formula is C20H18N4O3S. The number of anilines is 1. The molecule has 7 nitrogen and oxygen atoms in total. The van der Waals surface area contributed by atoms with E-state index >= 15 is 0 Å². The van der Waals surface area contributed by atoms with Crippen molar-refractivity contribution < 1.29 is 9.47 Å². The lowest BCUT2D eigenvalue weighted by molar-refractivity contribution is 0.355. The lowest BCUT2D eigenvalue weighted by Gasteiger charge is -2.11. The van der Waals surface area contributed by atoms with Gasteiger partial charge in [-0.05, 0) is 35.9 Å². The van der Waals surface area contributed by atoms with E-state index in [0.29, 0.717) is 39.4 Å². The fourth-order valence-electron chi connectivity index (χ4n) is 2.65. The Morgan fingerprint density at radius 3 is 2.64 bits per heavy atom. The minimum atomic E-state index is -0.489. The van der Waals surface area contributed by atoms with Crippen molar-refractivity contribution in [2.24, 2.45) is 0 Å². The van der Waals surface area contributed by atoms with Crippen LogP contribution in [0.4, 0.5) is 5.69 Å². The van der Waals surface area contributed by atoms with E-state index in [9.17, 15) is 10.1 Å². The molecule has 0 amide bonds. The van der Waals surface area contributed by atoms with Gasteiger partial charge in [0.25, 0.3) is 5.56 Å². The van der Waals surface area contributed by atoms with E-state index in [0.717, 1.165) is 5.56 Å². The Hall–Kier alpha value is -3.44. The van der Waals surface area contributed by atoms with E-state index in [2.05, 4.69) is 9.97 Å². The van der Waals surface area contributed by atoms with E-state index in [1.807, 2.05) is 30.3 Å². The summed E-state index contributed by atoms with van der Waals surface area (Å²) in [5, 5.41) is 9.84. The summed E-state index contributed by atoms with van der Waals surface area (Å²) in [6, 6.07) is 14.6. The van der Waals surface area contributed by atoms with Crippen LogP contribution in [0.1, 0.15) is 11.1 Å². The number of nitriles is 1. The Morgan fingerprint density at radius 1 is 1.18 bits per heavy atom.